The summed E-state index contributed by atoms with van der Waals surface area (Å²) in [4.78, 5) is 0. The molecule has 0 bridgehead atoms. The number of rotatable bonds is 3. The molecule has 0 saturated carbocycles. The largest absolute Gasteiger partial charge is 0.416 e. The highest BCUT2D eigenvalue weighted by molar-refractivity contribution is 5.31. The van der Waals surface area contributed by atoms with E-state index in [4.69, 9.17) is 5.84 Å². The van der Waals surface area contributed by atoms with E-state index in [2.05, 4.69) is 20.8 Å². The molecule has 0 aliphatic carbocycles. The number of hydrogen-bond donors (Lipinski definition) is 3. The number of aromatic nitrogens is 3. The lowest BCUT2D eigenvalue weighted by molar-refractivity contribution is -0.137. The van der Waals surface area contributed by atoms with Gasteiger partial charge < -0.3 is 0 Å². The van der Waals surface area contributed by atoms with Crippen molar-refractivity contribution in [1.82, 2.24) is 20.8 Å². The van der Waals surface area contributed by atoms with E-state index < -0.39 is 17.8 Å². The van der Waals surface area contributed by atoms with Crippen LogP contribution >= 0.6 is 0 Å². The molecule has 0 spiro atoms. The highest BCUT2D eigenvalue weighted by Gasteiger charge is 2.31. The van der Waals surface area contributed by atoms with E-state index >= 15 is 0 Å². The zero-order valence-corrected chi connectivity index (χ0v) is 9.07. The van der Waals surface area contributed by atoms with E-state index in [0.717, 1.165) is 12.1 Å². The van der Waals surface area contributed by atoms with E-state index in [1.54, 1.807) is 0 Å². The number of alkyl halides is 3. The maximum Gasteiger partial charge on any atom is 0.416 e. The molecule has 0 aliphatic rings. The summed E-state index contributed by atoms with van der Waals surface area (Å²) in [6.07, 6.45) is -3.00. The predicted molar refractivity (Wildman–Crippen MR) is 57.0 cm³/mol. The predicted octanol–water partition coefficient (Wildman–Crippen LogP) is 1.38. The van der Waals surface area contributed by atoms with Crippen molar-refractivity contribution in [3.63, 3.8) is 0 Å². The topological polar surface area (TPSA) is 79.6 Å². The van der Waals surface area contributed by atoms with Crippen molar-refractivity contribution in [3.05, 3.63) is 47.3 Å². The van der Waals surface area contributed by atoms with Gasteiger partial charge in [-0.25, -0.2) is 5.43 Å². The third-order valence-electron chi connectivity index (χ3n) is 2.44. The molecule has 0 radical (unpaired) electrons. The molecule has 96 valence electrons. The van der Waals surface area contributed by atoms with Crippen molar-refractivity contribution in [2.24, 2.45) is 5.84 Å². The lowest BCUT2D eigenvalue weighted by Crippen LogP contribution is -2.29. The fourth-order valence-corrected chi connectivity index (χ4v) is 1.60. The summed E-state index contributed by atoms with van der Waals surface area (Å²) in [5.41, 5.74) is 2.45. The molecule has 2 rings (SSSR count). The molecule has 5 nitrogen and oxygen atoms in total. The fraction of sp³-hybridized carbons (Fsp3) is 0.200. The first-order chi connectivity index (χ1) is 8.52. The number of hydrogen-bond acceptors (Lipinski definition) is 4. The minimum Gasteiger partial charge on any atom is -0.271 e. The first-order valence-corrected chi connectivity index (χ1v) is 5.01. The van der Waals surface area contributed by atoms with E-state index in [9.17, 15) is 13.2 Å². The molecule has 18 heavy (non-hydrogen) atoms. The van der Waals surface area contributed by atoms with Crippen LogP contribution < -0.4 is 11.3 Å². The van der Waals surface area contributed by atoms with Gasteiger partial charge in [0.1, 0.15) is 5.69 Å². The molecular weight excluding hydrogens is 247 g/mol. The number of aromatic amines is 1. The molecule has 1 unspecified atom stereocenters. The maximum atomic E-state index is 12.6. The molecule has 0 amide bonds. The number of nitrogens with one attached hydrogen (secondary N) is 2. The second kappa shape index (κ2) is 4.75. The SMILES string of the molecule is NNC(c1cccc(C(F)(F)F)c1)c1cn[nH]n1. The van der Waals surface area contributed by atoms with Crippen LogP contribution in [-0.2, 0) is 6.18 Å². The number of H-pyrrole nitrogens is 1. The molecule has 0 aliphatic heterocycles. The summed E-state index contributed by atoms with van der Waals surface area (Å²) in [6.45, 7) is 0. The zero-order valence-electron chi connectivity index (χ0n) is 9.07. The Bertz CT molecular complexity index is 508. The van der Waals surface area contributed by atoms with Crippen LogP contribution in [0.2, 0.25) is 0 Å². The van der Waals surface area contributed by atoms with Gasteiger partial charge in [-0.05, 0) is 17.7 Å². The van der Waals surface area contributed by atoms with Crippen molar-refractivity contribution in [3.8, 4) is 0 Å². The van der Waals surface area contributed by atoms with E-state index in [0.29, 0.717) is 11.3 Å². The number of nitrogens with two attached hydrogens (primary N) is 1. The monoisotopic (exact) mass is 257 g/mol. The lowest BCUT2D eigenvalue weighted by atomic mass is 10.0. The van der Waals surface area contributed by atoms with Gasteiger partial charge in [-0.1, -0.05) is 12.1 Å². The smallest absolute Gasteiger partial charge is 0.271 e. The Morgan fingerprint density at radius 2 is 2.11 bits per heavy atom. The van der Waals surface area contributed by atoms with Crippen molar-refractivity contribution in [2.75, 3.05) is 0 Å². The first-order valence-electron chi connectivity index (χ1n) is 5.01. The first kappa shape index (κ1) is 12.5. The van der Waals surface area contributed by atoms with Crippen LogP contribution in [0.3, 0.4) is 0 Å². The Morgan fingerprint density at radius 3 is 2.67 bits per heavy atom. The molecule has 1 aromatic carbocycles. The highest BCUT2D eigenvalue weighted by atomic mass is 19.4. The van der Waals surface area contributed by atoms with Crippen LogP contribution in [0.15, 0.2) is 30.5 Å². The van der Waals surface area contributed by atoms with Crippen LogP contribution in [0.25, 0.3) is 0 Å². The van der Waals surface area contributed by atoms with Gasteiger partial charge in [-0.15, -0.1) is 0 Å². The van der Waals surface area contributed by atoms with Crippen LogP contribution in [0, 0.1) is 0 Å². The molecule has 0 fully saturated rings. The number of benzene rings is 1. The Labute approximate surface area is 100 Å². The average molecular weight is 257 g/mol. The lowest BCUT2D eigenvalue weighted by Gasteiger charge is -2.15. The van der Waals surface area contributed by atoms with Gasteiger partial charge >= 0.3 is 6.18 Å². The van der Waals surface area contributed by atoms with Crippen LogP contribution in [-0.4, -0.2) is 15.4 Å². The van der Waals surface area contributed by atoms with E-state index in [1.165, 1.54) is 18.3 Å². The number of halogens is 3. The third kappa shape index (κ3) is 2.49. The molecule has 8 heteroatoms. The Hall–Kier alpha value is -1.93. The molecule has 1 aromatic heterocycles. The van der Waals surface area contributed by atoms with Crippen molar-refractivity contribution in [2.45, 2.75) is 12.2 Å². The summed E-state index contributed by atoms with van der Waals surface area (Å²) < 4.78 is 37.8. The third-order valence-corrected chi connectivity index (χ3v) is 2.44. The quantitative estimate of drug-likeness (QED) is 0.573. The average Bonchev–Trinajstić information content (AvgIpc) is 2.83. The van der Waals surface area contributed by atoms with Crippen molar-refractivity contribution in [1.29, 1.82) is 0 Å². The van der Waals surface area contributed by atoms with E-state index in [-0.39, 0.29) is 0 Å². The Morgan fingerprint density at radius 1 is 1.33 bits per heavy atom. The fourth-order valence-electron chi connectivity index (χ4n) is 1.60. The summed E-state index contributed by atoms with van der Waals surface area (Å²) in [5.74, 6) is 5.34. The van der Waals surface area contributed by atoms with Gasteiger partial charge in [0.05, 0.1) is 17.8 Å². The number of nitrogens with zero attached hydrogens (tertiary/aromatic N) is 2. The molecule has 4 N–H and O–H groups in total. The molecule has 0 saturated heterocycles. The molecule has 1 heterocycles. The minimum atomic E-state index is -4.39. The van der Waals surface area contributed by atoms with Gasteiger partial charge in [0.2, 0.25) is 0 Å². The highest BCUT2D eigenvalue weighted by Crippen LogP contribution is 2.31. The van der Waals surface area contributed by atoms with Gasteiger partial charge in [0, 0.05) is 0 Å². The summed E-state index contributed by atoms with van der Waals surface area (Å²) in [7, 11) is 0. The standard InChI is InChI=1S/C10H10F3N5/c11-10(12,13)7-3-1-2-6(4-7)9(16-14)8-5-15-18-17-8/h1-5,9,16H,14H2,(H,15,17,18). The Balaban J connectivity index is 2.38. The summed E-state index contributed by atoms with van der Waals surface area (Å²) >= 11 is 0. The van der Waals surface area contributed by atoms with Crippen LogP contribution in [0.4, 0.5) is 13.2 Å². The molecule has 1 atom stereocenters. The second-order valence-corrected chi connectivity index (χ2v) is 3.62. The maximum absolute atomic E-state index is 12.6. The minimum absolute atomic E-state index is 0.362. The Kier molecular flexibility index (Phi) is 3.30. The normalized spacial score (nSPS) is 13.6. The van der Waals surface area contributed by atoms with Crippen LogP contribution in [0.1, 0.15) is 22.9 Å². The molecular formula is C10H10F3N5. The van der Waals surface area contributed by atoms with Gasteiger partial charge in [-0.3, -0.25) is 5.84 Å². The summed E-state index contributed by atoms with van der Waals surface area (Å²) in [6, 6.07) is 4.24. The summed E-state index contributed by atoms with van der Waals surface area (Å²) in [5, 5.41) is 9.77. The number of hydrazine groups is 1. The van der Waals surface area contributed by atoms with E-state index in [1.807, 2.05) is 0 Å². The van der Waals surface area contributed by atoms with Crippen LogP contribution in [0.5, 0.6) is 0 Å². The molecule has 2 aromatic rings. The second-order valence-electron chi connectivity index (χ2n) is 3.62. The van der Waals surface area contributed by atoms with Crippen molar-refractivity contribution >= 4 is 0 Å². The van der Waals surface area contributed by atoms with Gasteiger partial charge in [-0.2, -0.15) is 28.6 Å². The zero-order chi connectivity index (χ0) is 13.2. The van der Waals surface area contributed by atoms with Gasteiger partial charge in [0.25, 0.3) is 0 Å². The van der Waals surface area contributed by atoms with Crippen molar-refractivity contribution < 1.29 is 13.2 Å². The van der Waals surface area contributed by atoms with Gasteiger partial charge in [0.15, 0.2) is 0 Å².